The van der Waals surface area contributed by atoms with Gasteiger partial charge >= 0.3 is 0 Å². The second kappa shape index (κ2) is 9.16. The number of amides is 1. The van der Waals surface area contributed by atoms with Gasteiger partial charge in [-0.3, -0.25) is 4.79 Å². The van der Waals surface area contributed by atoms with Gasteiger partial charge in [0, 0.05) is 11.3 Å². The predicted molar refractivity (Wildman–Crippen MR) is 74.3 cm³/mol. The summed E-state index contributed by atoms with van der Waals surface area (Å²) in [6.45, 7) is 10.8. The van der Waals surface area contributed by atoms with Crippen LogP contribution in [-0.2, 0) is 4.79 Å². The van der Waals surface area contributed by atoms with E-state index in [4.69, 9.17) is 0 Å². The summed E-state index contributed by atoms with van der Waals surface area (Å²) < 4.78 is 0. The van der Waals surface area contributed by atoms with Gasteiger partial charge in [-0.1, -0.05) is 49.6 Å². The quantitative estimate of drug-likeness (QED) is 0.548. The molecule has 0 heterocycles. The fraction of sp³-hybridized carbons (Fsp3) is 0.133. The SMILES string of the molecule is C=C/C=C\C(=C/C)NC(=O)C(/C=C\C=C)=C/C. The summed E-state index contributed by atoms with van der Waals surface area (Å²) >= 11 is 0. The van der Waals surface area contributed by atoms with Crippen LogP contribution in [0.2, 0.25) is 0 Å². The third kappa shape index (κ3) is 6.15. The molecule has 2 heteroatoms. The largest absolute Gasteiger partial charge is 0.322 e. The Balaban J connectivity index is 4.71. The highest BCUT2D eigenvalue weighted by Crippen LogP contribution is 2.01. The molecule has 90 valence electrons. The van der Waals surface area contributed by atoms with Gasteiger partial charge in [-0.15, -0.1) is 0 Å². The Bertz CT molecular complexity index is 395. The Morgan fingerprint density at radius 3 is 2.06 bits per heavy atom. The van der Waals surface area contributed by atoms with Gasteiger partial charge in [-0.2, -0.15) is 0 Å². The van der Waals surface area contributed by atoms with Crippen molar-refractivity contribution in [3.8, 4) is 0 Å². The summed E-state index contributed by atoms with van der Waals surface area (Å²) in [5, 5.41) is 2.80. The third-order valence-corrected chi connectivity index (χ3v) is 1.97. The minimum atomic E-state index is -0.146. The molecule has 0 aromatic rings. The number of carbonyl (C=O) groups is 1. The average Bonchev–Trinajstić information content (AvgIpc) is 2.35. The lowest BCUT2D eigenvalue weighted by atomic mass is 10.2. The van der Waals surface area contributed by atoms with Crippen molar-refractivity contribution in [1.29, 1.82) is 0 Å². The van der Waals surface area contributed by atoms with Gasteiger partial charge in [-0.05, 0) is 26.0 Å². The third-order valence-electron chi connectivity index (χ3n) is 1.97. The van der Waals surface area contributed by atoms with Gasteiger partial charge in [-0.25, -0.2) is 0 Å². The van der Waals surface area contributed by atoms with E-state index >= 15 is 0 Å². The van der Waals surface area contributed by atoms with E-state index in [9.17, 15) is 4.79 Å². The van der Waals surface area contributed by atoms with Crippen molar-refractivity contribution >= 4 is 5.91 Å². The molecule has 1 N–H and O–H groups in total. The summed E-state index contributed by atoms with van der Waals surface area (Å²) in [4.78, 5) is 11.8. The van der Waals surface area contributed by atoms with Crippen LogP contribution in [0.5, 0.6) is 0 Å². The minimum absolute atomic E-state index is 0.146. The molecule has 2 nitrogen and oxygen atoms in total. The monoisotopic (exact) mass is 229 g/mol. The van der Waals surface area contributed by atoms with Crippen LogP contribution in [0.1, 0.15) is 13.8 Å². The number of allylic oxidation sites excluding steroid dienone is 7. The fourth-order valence-corrected chi connectivity index (χ4v) is 1.06. The van der Waals surface area contributed by atoms with Gasteiger partial charge in [0.05, 0.1) is 0 Å². The van der Waals surface area contributed by atoms with Gasteiger partial charge in [0.15, 0.2) is 0 Å². The van der Waals surface area contributed by atoms with Crippen LogP contribution >= 0.6 is 0 Å². The first kappa shape index (κ1) is 14.9. The van der Waals surface area contributed by atoms with Crippen molar-refractivity contribution in [3.05, 3.63) is 73.0 Å². The Kier molecular flexibility index (Phi) is 8.03. The number of hydrogen-bond acceptors (Lipinski definition) is 1. The summed E-state index contributed by atoms with van der Waals surface area (Å²) in [6, 6.07) is 0. The molecule has 0 saturated carbocycles. The Morgan fingerprint density at radius 1 is 1.00 bits per heavy atom. The molecule has 0 fully saturated rings. The lowest BCUT2D eigenvalue weighted by Gasteiger charge is -2.05. The standard InChI is InChI=1S/C15H19NO/c1-5-9-11-13(7-3)15(17)16-14(8-4)12-10-6-2/h5-12H,1-2H2,3-4H3,(H,16,17)/b11-9-,12-10-,13-7+,14-8+. The number of rotatable bonds is 6. The molecule has 0 unspecified atom stereocenters. The van der Waals surface area contributed by atoms with Crippen molar-refractivity contribution < 1.29 is 4.79 Å². The summed E-state index contributed by atoms with van der Waals surface area (Å²) in [5.41, 5.74) is 1.33. The fourth-order valence-electron chi connectivity index (χ4n) is 1.06. The molecule has 0 bridgehead atoms. The van der Waals surface area contributed by atoms with Crippen LogP contribution in [0.25, 0.3) is 0 Å². The molecule has 0 saturated heterocycles. The van der Waals surface area contributed by atoms with E-state index < -0.39 is 0 Å². The Labute approximate surface area is 103 Å². The molecule has 0 aliphatic heterocycles. The molecule has 0 spiro atoms. The number of hydrogen-bond donors (Lipinski definition) is 1. The van der Waals surface area contributed by atoms with E-state index in [2.05, 4.69) is 18.5 Å². The summed E-state index contributed by atoms with van der Waals surface area (Å²) in [6.07, 6.45) is 13.9. The summed E-state index contributed by atoms with van der Waals surface area (Å²) in [7, 11) is 0. The molecule has 0 radical (unpaired) electrons. The van der Waals surface area contributed by atoms with Crippen LogP contribution in [0, 0.1) is 0 Å². The van der Waals surface area contributed by atoms with E-state index in [1.54, 1.807) is 42.5 Å². The molecule has 0 atom stereocenters. The zero-order chi connectivity index (χ0) is 13.1. The van der Waals surface area contributed by atoms with Gasteiger partial charge in [0.2, 0.25) is 0 Å². The van der Waals surface area contributed by atoms with E-state index in [1.807, 2.05) is 19.9 Å². The lowest BCUT2D eigenvalue weighted by Crippen LogP contribution is -2.22. The van der Waals surface area contributed by atoms with Gasteiger partial charge in [0.25, 0.3) is 5.91 Å². The molecule has 17 heavy (non-hydrogen) atoms. The van der Waals surface area contributed by atoms with E-state index in [0.29, 0.717) is 5.57 Å². The van der Waals surface area contributed by atoms with E-state index in [0.717, 1.165) is 5.70 Å². The zero-order valence-electron chi connectivity index (χ0n) is 10.4. The van der Waals surface area contributed by atoms with Crippen LogP contribution in [-0.4, -0.2) is 5.91 Å². The first-order valence-corrected chi connectivity index (χ1v) is 5.41. The molecule has 0 aliphatic rings. The Morgan fingerprint density at radius 2 is 1.59 bits per heavy atom. The topological polar surface area (TPSA) is 29.1 Å². The Hall–Kier alpha value is -2.09. The smallest absolute Gasteiger partial charge is 0.255 e. The molecule has 1 amide bonds. The van der Waals surface area contributed by atoms with Gasteiger partial charge in [0.1, 0.15) is 0 Å². The predicted octanol–water partition coefficient (Wildman–Crippen LogP) is 3.44. The zero-order valence-corrected chi connectivity index (χ0v) is 10.4. The molecule has 0 rings (SSSR count). The maximum atomic E-state index is 11.8. The normalized spacial score (nSPS) is 13.1. The highest BCUT2D eigenvalue weighted by molar-refractivity contribution is 5.97. The van der Waals surface area contributed by atoms with Crippen molar-refractivity contribution in [2.24, 2.45) is 0 Å². The van der Waals surface area contributed by atoms with Crippen LogP contribution < -0.4 is 5.32 Å². The summed E-state index contributed by atoms with van der Waals surface area (Å²) in [5.74, 6) is -0.146. The maximum absolute atomic E-state index is 11.8. The maximum Gasteiger partial charge on any atom is 0.255 e. The first-order chi connectivity index (χ1) is 8.19. The molecule has 0 aromatic carbocycles. The van der Waals surface area contributed by atoms with E-state index in [1.165, 1.54) is 0 Å². The first-order valence-electron chi connectivity index (χ1n) is 5.41. The van der Waals surface area contributed by atoms with Crippen LogP contribution in [0.4, 0.5) is 0 Å². The van der Waals surface area contributed by atoms with Crippen molar-refractivity contribution in [3.63, 3.8) is 0 Å². The average molecular weight is 229 g/mol. The van der Waals surface area contributed by atoms with E-state index in [-0.39, 0.29) is 5.91 Å². The van der Waals surface area contributed by atoms with Crippen molar-refractivity contribution in [1.82, 2.24) is 5.32 Å². The second-order valence-electron chi connectivity index (χ2n) is 3.13. The molecular weight excluding hydrogens is 210 g/mol. The van der Waals surface area contributed by atoms with Crippen molar-refractivity contribution in [2.75, 3.05) is 0 Å². The lowest BCUT2D eigenvalue weighted by molar-refractivity contribution is -0.116. The van der Waals surface area contributed by atoms with Crippen LogP contribution in [0.3, 0.4) is 0 Å². The number of nitrogens with one attached hydrogen (secondary N) is 1. The van der Waals surface area contributed by atoms with Crippen LogP contribution in [0.15, 0.2) is 73.0 Å². The number of carbonyl (C=O) groups excluding carboxylic acids is 1. The highest BCUT2D eigenvalue weighted by Gasteiger charge is 2.04. The highest BCUT2D eigenvalue weighted by atomic mass is 16.1. The van der Waals surface area contributed by atoms with Gasteiger partial charge < -0.3 is 5.32 Å². The molecule has 0 aromatic heterocycles. The molecular formula is C15H19NO. The minimum Gasteiger partial charge on any atom is -0.322 e. The van der Waals surface area contributed by atoms with Crippen molar-refractivity contribution in [2.45, 2.75) is 13.8 Å². The second-order valence-corrected chi connectivity index (χ2v) is 3.13. The molecule has 0 aliphatic carbocycles.